The minimum atomic E-state index is -4.54. The smallest absolute Gasteiger partial charge is 0.342 e. The quantitative estimate of drug-likeness (QED) is 0.518. The third kappa shape index (κ3) is 5.00. The number of nitrogens with one attached hydrogen (secondary N) is 2. The first kappa shape index (κ1) is 23.2. The molecular formula is C24H20F3N3O4. The molecule has 0 radical (unpaired) electrons. The lowest BCUT2D eigenvalue weighted by Gasteiger charge is -2.29. The van der Waals surface area contributed by atoms with Gasteiger partial charge in [0, 0.05) is 30.2 Å². The zero-order valence-corrected chi connectivity index (χ0v) is 17.8. The van der Waals surface area contributed by atoms with Gasteiger partial charge in [0.05, 0.1) is 6.04 Å². The summed E-state index contributed by atoms with van der Waals surface area (Å²) in [5, 5.41) is 4.81. The summed E-state index contributed by atoms with van der Waals surface area (Å²) in [7, 11) is 0. The summed E-state index contributed by atoms with van der Waals surface area (Å²) < 4.78 is 38.2. The second-order valence-electron chi connectivity index (χ2n) is 8.03. The Kier molecular flexibility index (Phi) is 6.23. The molecule has 176 valence electrons. The van der Waals surface area contributed by atoms with E-state index in [1.165, 1.54) is 23.1 Å². The summed E-state index contributed by atoms with van der Waals surface area (Å²) in [6, 6.07) is 10.8. The minimum Gasteiger partial charge on any atom is -0.342 e. The lowest BCUT2D eigenvalue weighted by Crippen LogP contribution is -2.52. The fourth-order valence-electron chi connectivity index (χ4n) is 4.05. The first-order chi connectivity index (χ1) is 16.1. The Morgan fingerprint density at radius 3 is 2.53 bits per heavy atom. The topological polar surface area (TPSA) is 95.6 Å². The molecule has 2 heterocycles. The van der Waals surface area contributed by atoms with Crippen LogP contribution in [-0.2, 0) is 16.1 Å². The summed E-state index contributed by atoms with van der Waals surface area (Å²) in [4.78, 5) is 50.6. The highest BCUT2D eigenvalue weighted by atomic mass is 19.4. The molecule has 2 aromatic carbocycles. The van der Waals surface area contributed by atoms with E-state index >= 15 is 0 Å². The Hall–Kier alpha value is -3.95. The van der Waals surface area contributed by atoms with Crippen LogP contribution in [0.15, 0.2) is 60.7 Å². The second kappa shape index (κ2) is 9.12. The van der Waals surface area contributed by atoms with Gasteiger partial charge in [0.25, 0.3) is 11.8 Å². The molecule has 7 nitrogen and oxygen atoms in total. The van der Waals surface area contributed by atoms with Crippen LogP contribution in [0, 0.1) is 0 Å². The van der Waals surface area contributed by atoms with Crippen LogP contribution in [-0.4, -0.2) is 40.7 Å². The predicted molar refractivity (Wildman–Crippen MR) is 114 cm³/mol. The maximum Gasteiger partial charge on any atom is 0.409 e. The van der Waals surface area contributed by atoms with Crippen LogP contribution in [0.25, 0.3) is 0 Å². The number of hydrogen-bond donors (Lipinski definition) is 2. The van der Waals surface area contributed by atoms with E-state index in [0.717, 1.165) is 6.08 Å². The normalized spacial score (nSPS) is 19.2. The molecule has 0 bridgehead atoms. The largest absolute Gasteiger partial charge is 0.409 e. The predicted octanol–water partition coefficient (Wildman–Crippen LogP) is 3.04. The molecule has 0 aliphatic carbocycles. The molecule has 2 aliphatic heterocycles. The number of fused-ring (bicyclic) bond motifs is 1. The Morgan fingerprint density at radius 1 is 1.12 bits per heavy atom. The molecule has 4 amide bonds. The molecule has 0 saturated carbocycles. The monoisotopic (exact) mass is 471 g/mol. The van der Waals surface area contributed by atoms with E-state index in [2.05, 4.69) is 10.6 Å². The van der Waals surface area contributed by atoms with E-state index in [1.807, 2.05) is 0 Å². The second-order valence-corrected chi connectivity index (χ2v) is 8.03. The van der Waals surface area contributed by atoms with Crippen molar-refractivity contribution in [2.45, 2.75) is 37.6 Å². The van der Waals surface area contributed by atoms with Crippen molar-refractivity contribution in [3.63, 3.8) is 0 Å². The van der Waals surface area contributed by atoms with Crippen molar-refractivity contribution in [3.8, 4) is 0 Å². The van der Waals surface area contributed by atoms with Crippen LogP contribution in [0.3, 0.4) is 0 Å². The van der Waals surface area contributed by atoms with Gasteiger partial charge in [-0.1, -0.05) is 36.4 Å². The molecule has 0 spiro atoms. The van der Waals surface area contributed by atoms with E-state index in [9.17, 15) is 32.3 Å². The SMILES string of the molecule is O=C1CCC(N2Cc3cc(C(=O)NC(/C=C/C(F)(F)F)c4ccccc4)ccc3C2=O)C(=O)N1. The zero-order valence-electron chi connectivity index (χ0n) is 17.8. The van der Waals surface area contributed by atoms with Gasteiger partial charge in [-0.2, -0.15) is 13.2 Å². The number of carbonyl (C=O) groups excluding carboxylic acids is 4. The number of amides is 4. The van der Waals surface area contributed by atoms with Crippen molar-refractivity contribution in [1.82, 2.24) is 15.5 Å². The number of nitrogens with zero attached hydrogens (tertiary/aromatic N) is 1. The van der Waals surface area contributed by atoms with E-state index in [0.29, 0.717) is 16.7 Å². The zero-order chi connectivity index (χ0) is 24.5. The summed E-state index contributed by atoms with van der Waals surface area (Å²) in [5.41, 5.74) is 1.48. The number of piperidine rings is 1. The lowest BCUT2D eigenvalue weighted by molar-refractivity contribution is -0.136. The average molecular weight is 471 g/mol. The van der Waals surface area contributed by atoms with Gasteiger partial charge in [0.2, 0.25) is 11.8 Å². The first-order valence-electron chi connectivity index (χ1n) is 10.5. The molecule has 2 aromatic rings. The van der Waals surface area contributed by atoms with Gasteiger partial charge in [0.1, 0.15) is 6.04 Å². The number of benzene rings is 2. The molecule has 2 aliphatic rings. The van der Waals surface area contributed by atoms with Crippen LogP contribution in [0.5, 0.6) is 0 Å². The molecular weight excluding hydrogens is 451 g/mol. The molecule has 2 unspecified atom stereocenters. The number of hydrogen-bond acceptors (Lipinski definition) is 4. The van der Waals surface area contributed by atoms with Crippen molar-refractivity contribution < 1.29 is 32.3 Å². The van der Waals surface area contributed by atoms with E-state index in [-0.39, 0.29) is 36.9 Å². The molecule has 4 rings (SSSR count). The van der Waals surface area contributed by atoms with Crippen molar-refractivity contribution in [3.05, 3.63) is 82.9 Å². The molecule has 10 heteroatoms. The minimum absolute atomic E-state index is 0.0736. The summed E-state index contributed by atoms with van der Waals surface area (Å²) in [6.07, 6.45) is -3.26. The Labute approximate surface area is 192 Å². The van der Waals surface area contributed by atoms with Crippen LogP contribution in [0.4, 0.5) is 13.2 Å². The van der Waals surface area contributed by atoms with Crippen LogP contribution in [0.1, 0.15) is 50.7 Å². The summed E-state index contributed by atoms with van der Waals surface area (Å²) in [5.74, 6) is -1.93. The highest BCUT2D eigenvalue weighted by Crippen LogP contribution is 2.28. The highest BCUT2D eigenvalue weighted by Gasteiger charge is 2.39. The van der Waals surface area contributed by atoms with Gasteiger partial charge in [-0.3, -0.25) is 24.5 Å². The van der Waals surface area contributed by atoms with Gasteiger partial charge in [-0.15, -0.1) is 0 Å². The van der Waals surface area contributed by atoms with Crippen LogP contribution < -0.4 is 10.6 Å². The summed E-state index contributed by atoms with van der Waals surface area (Å²) in [6.45, 7) is 0.0810. The van der Waals surface area contributed by atoms with E-state index < -0.39 is 36.0 Å². The van der Waals surface area contributed by atoms with Gasteiger partial charge in [-0.25, -0.2) is 0 Å². The summed E-state index contributed by atoms with van der Waals surface area (Å²) >= 11 is 0. The number of carbonyl (C=O) groups is 4. The third-order valence-corrected chi connectivity index (χ3v) is 5.71. The van der Waals surface area contributed by atoms with Gasteiger partial charge in [0.15, 0.2) is 0 Å². The van der Waals surface area contributed by atoms with Crippen molar-refractivity contribution in [1.29, 1.82) is 0 Å². The fourth-order valence-corrected chi connectivity index (χ4v) is 4.05. The van der Waals surface area contributed by atoms with E-state index in [4.69, 9.17) is 0 Å². The number of imide groups is 1. The number of allylic oxidation sites excluding steroid dienone is 1. The van der Waals surface area contributed by atoms with Crippen molar-refractivity contribution in [2.24, 2.45) is 0 Å². The highest BCUT2D eigenvalue weighted by molar-refractivity contribution is 6.06. The standard InChI is InChI=1S/C24H20F3N3O4/c25-24(26,27)11-10-18(14-4-2-1-3-5-14)28-21(32)15-6-7-17-16(12-15)13-30(23(17)34)19-8-9-20(31)29-22(19)33/h1-7,10-12,18-19H,8-9,13H2,(H,28,32)(H,29,31,33)/b11-10+. The van der Waals surface area contributed by atoms with Crippen LogP contribution >= 0.6 is 0 Å². The number of rotatable bonds is 5. The lowest BCUT2D eigenvalue weighted by atomic mass is 10.0. The van der Waals surface area contributed by atoms with Crippen molar-refractivity contribution in [2.75, 3.05) is 0 Å². The number of alkyl halides is 3. The Balaban J connectivity index is 1.53. The maximum absolute atomic E-state index is 12.9. The molecule has 34 heavy (non-hydrogen) atoms. The molecule has 2 atom stereocenters. The molecule has 1 saturated heterocycles. The van der Waals surface area contributed by atoms with Gasteiger partial charge in [-0.05, 0) is 35.7 Å². The molecule has 2 N–H and O–H groups in total. The average Bonchev–Trinajstić information content (AvgIpc) is 3.12. The van der Waals surface area contributed by atoms with E-state index in [1.54, 1.807) is 30.3 Å². The van der Waals surface area contributed by atoms with Crippen molar-refractivity contribution >= 4 is 23.6 Å². The Bertz CT molecular complexity index is 1180. The maximum atomic E-state index is 12.9. The third-order valence-electron chi connectivity index (χ3n) is 5.71. The first-order valence-corrected chi connectivity index (χ1v) is 10.5. The fraction of sp³-hybridized carbons (Fsp3) is 0.250. The van der Waals surface area contributed by atoms with Gasteiger partial charge < -0.3 is 10.2 Å². The Morgan fingerprint density at radius 2 is 1.85 bits per heavy atom. The van der Waals surface area contributed by atoms with Gasteiger partial charge >= 0.3 is 6.18 Å². The molecule has 0 aromatic heterocycles. The molecule has 1 fully saturated rings. The van der Waals surface area contributed by atoms with Crippen LogP contribution in [0.2, 0.25) is 0 Å². The number of halogens is 3.